The third-order valence-electron chi connectivity index (χ3n) is 2.01. The number of nitrogens with two attached hydrogens (primary N) is 1. The van der Waals surface area contributed by atoms with Gasteiger partial charge in [0.2, 0.25) is 0 Å². The minimum Gasteiger partial charge on any atom is -0.340 e. The molecule has 0 aromatic heterocycles. The molecule has 0 radical (unpaired) electrons. The third kappa shape index (κ3) is 2.95. The van der Waals surface area contributed by atoms with Crippen molar-refractivity contribution < 1.29 is 9.18 Å². The van der Waals surface area contributed by atoms with Crippen LogP contribution in [0.5, 0.6) is 0 Å². The summed E-state index contributed by atoms with van der Waals surface area (Å²) in [6.45, 7) is 0.350. The lowest BCUT2D eigenvalue weighted by atomic mass is 10.1. The number of likely N-dealkylation sites (tertiary alicyclic amines) is 1. The number of carbonyl (C=O) groups excluding carboxylic acids is 1. The predicted octanol–water partition coefficient (Wildman–Crippen LogP) is 0.327. The Bertz CT molecular complexity index is 148. The van der Waals surface area contributed by atoms with E-state index in [1.165, 1.54) is 4.90 Å². The van der Waals surface area contributed by atoms with E-state index >= 15 is 0 Å². The van der Waals surface area contributed by atoms with Crippen LogP contribution in [0.2, 0.25) is 0 Å². The number of amides is 1. The van der Waals surface area contributed by atoms with Gasteiger partial charge < -0.3 is 10.6 Å². The van der Waals surface area contributed by atoms with Crippen molar-refractivity contribution in [3.05, 3.63) is 0 Å². The van der Waals surface area contributed by atoms with Gasteiger partial charge in [0.1, 0.15) is 0 Å². The number of piperidine rings is 1. The molecule has 0 saturated carbocycles. The molecule has 1 aliphatic rings. The van der Waals surface area contributed by atoms with E-state index in [0.29, 0.717) is 13.1 Å². The zero-order valence-electron chi connectivity index (χ0n) is 6.83. The van der Waals surface area contributed by atoms with Gasteiger partial charge in [0.05, 0.1) is 0 Å². The molecule has 1 aliphatic heterocycles. The zero-order chi connectivity index (χ0) is 8.27. The summed E-state index contributed by atoms with van der Waals surface area (Å²) in [7, 11) is 0. The highest BCUT2D eigenvalue weighted by molar-refractivity contribution is 5.85. The summed E-state index contributed by atoms with van der Waals surface area (Å²) < 4.78 is 11.8. The highest BCUT2D eigenvalue weighted by atomic mass is 35.5. The number of rotatable bonds is 1. The fourth-order valence-corrected chi connectivity index (χ4v) is 1.23. The van der Waals surface area contributed by atoms with Crippen LogP contribution in [-0.2, 0) is 4.79 Å². The lowest BCUT2D eigenvalue weighted by Crippen LogP contribution is -2.43. The Morgan fingerprint density at radius 2 is 2.00 bits per heavy atom. The van der Waals surface area contributed by atoms with Gasteiger partial charge >= 0.3 is 0 Å². The minimum absolute atomic E-state index is 0. The molecule has 12 heavy (non-hydrogen) atoms. The van der Waals surface area contributed by atoms with Gasteiger partial charge in [-0.15, -0.1) is 12.4 Å². The van der Waals surface area contributed by atoms with E-state index in [0.717, 1.165) is 12.8 Å². The molecule has 1 saturated heterocycles. The summed E-state index contributed by atoms with van der Waals surface area (Å²) in [5.41, 5.74) is 5.61. The van der Waals surface area contributed by atoms with Gasteiger partial charge in [-0.05, 0) is 12.8 Å². The van der Waals surface area contributed by atoms with Crippen LogP contribution in [0.1, 0.15) is 12.8 Å². The molecule has 0 bridgehead atoms. The molecule has 0 atom stereocenters. The van der Waals surface area contributed by atoms with Gasteiger partial charge in [-0.25, -0.2) is 4.39 Å². The van der Waals surface area contributed by atoms with Crippen LogP contribution < -0.4 is 5.73 Å². The van der Waals surface area contributed by atoms with E-state index in [-0.39, 0.29) is 18.4 Å². The van der Waals surface area contributed by atoms with Crippen LogP contribution in [0.3, 0.4) is 0 Å². The first kappa shape index (κ1) is 11.6. The molecule has 1 amide bonds. The molecule has 3 nitrogen and oxygen atoms in total. The largest absolute Gasteiger partial charge is 0.340 e. The van der Waals surface area contributed by atoms with Crippen molar-refractivity contribution in [2.24, 2.45) is 5.73 Å². The van der Waals surface area contributed by atoms with Crippen LogP contribution in [0.25, 0.3) is 0 Å². The van der Waals surface area contributed by atoms with Crippen LogP contribution in [-0.4, -0.2) is 36.6 Å². The van der Waals surface area contributed by atoms with Crippen molar-refractivity contribution >= 4 is 18.3 Å². The quantitative estimate of drug-likeness (QED) is 0.657. The van der Waals surface area contributed by atoms with E-state index in [1.807, 2.05) is 0 Å². The predicted molar refractivity (Wildman–Crippen MR) is 47.0 cm³/mol. The van der Waals surface area contributed by atoms with Crippen LogP contribution in [0.4, 0.5) is 4.39 Å². The van der Waals surface area contributed by atoms with Crippen molar-refractivity contribution in [2.75, 3.05) is 19.8 Å². The number of hydrogen-bond acceptors (Lipinski definition) is 2. The first-order valence-electron chi connectivity index (χ1n) is 3.83. The molecule has 1 rings (SSSR count). The van der Waals surface area contributed by atoms with Gasteiger partial charge in [0.25, 0.3) is 5.91 Å². The van der Waals surface area contributed by atoms with Crippen molar-refractivity contribution in [3.8, 4) is 0 Å². The summed E-state index contributed by atoms with van der Waals surface area (Å²) in [6, 6.07) is 0.193. The van der Waals surface area contributed by atoms with Crippen LogP contribution in [0.15, 0.2) is 0 Å². The van der Waals surface area contributed by atoms with Gasteiger partial charge in [-0.3, -0.25) is 4.79 Å². The zero-order valence-corrected chi connectivity index (χ0v) is 7.65. The van der Waals surface area contributed by atoms with Crippen LogP contribution in [0, 0.1) is 0 Å². The molecule has 72 valence electrons. The van der Waals surface area contributed by atoms with Crippen LogP contribution >= 0.6 is 12.4 Å². The standard InChI is InChI=1S/C7H13FN2O.ClH/c8-5-7(11)10-3-1-6(9)2-4-10;/h6H,1-5,9H2;1H. The summed E-state index contributed by atoms with van der Waals surface area (Å²) in [5, 5.41) is 0. The van der Waals surface area contributed by atoms with Gasteiger partial charge in [0, 0.05) is 19.1 Å². The Morgan fingerprint density at radius 3 is 2.42 bits per heavy atom. The fourth-order valence-electron chi connectivity index (χ4n) is 1.23. The number of hydrogen-bond donors (Lipinski definition) is 1. The normalized spacial score (nSPS) is 18.7. The molecule has 5 heteroatoms. The number of halogens is 2. The average molecular weight is 197 g/mol. The average Bonchev–Trinajstić information content (AvgIpc) is 2.05. The molecule has 0 unspecified atom stereocenters. The van der Waals surface area contributed by atoms with Crippen molar-refractivity contribution in [1.29, 1.82) is 0 Å². The minimum atomic E-state index is -0.880. The first-order valence-corrected chi connectivity index (χ1v) is 3.83. The van der Waals surface area contributed by atoms with Crippen molar-refractivity contribution in [3.63, 3.8) is 0 Å². The molecular weight excluding hydrogens is 183 g/mol. The molecule has 0 aromatic rings. The van der Waals surface area contributed by atoms with Crippen molar-refractivity contribution in [2.45, 2.75) is 18.9 Å². The van der Waals surface area contributed by atoms with Gasteiger partial charge in [-0.2, -0.15) is 0 Å². The van der Waals surface area contributed by atoms with Gasteiger partial charge in [-0.1, -0.05) is 0 Å². The first-order chi connectivity index (χ1) is 5.24. The van der Waals surface area contributed by atoms with E-state index in [9.17, 15) is 9.18 Å². The summed E-state index contributed by atoms with van der Waals surface area (Å²) in [5.74, 6) is -0.406. The molecule has 0 aliphatic carbocycles. The van der Waals surface area contributed by atoms with E-state index < -0.39 is 12.6 Å². The topological polar surface area (TPSA) is 46.3 Å². The number of alkyl halides is 1. The lowest BCUT2D eigenvalue weighted by Gasteiger charge is -2.29. The summed E-state index contributed by atoms with van der Waals surface area (Å²) >= 11 is 0. The molecular formula is C7H14ClFN2O. The molecule has 2 N–H and O–H groups in total. The molecule has 0 aromatic carbocycles. The Morgan fingerprint density at radius 1 is 1.50 bits per heavy atom. The van der Waals surface area contributed by atoms with E-state index in [2.05, 4.69) is 0 Å². The SMILES string of the molecule is Cl.NC1CCN(C(=O)CF)CC1. The highest BCUT2D eigenvalue weighted by Crippen LogP contribution is 2.07. The second-order valence-corrected chi connectivity index (χ2v) is 2.85. The number of carbonyl (C=O) groups is 1. The maximum atomic E-state index is 11.8. The Kier molecular flexibility index (Phi) is 5.17. The number of nitrogens with zero attached hydrogens (tertiary/aromatic N) is 1. The highest BCUT2D eigenvalue weighted by Gasteiger charge is 2.19. The summed E-state index contributed by atoms with van der Waals surface area (Å²) in [4.78, 5) is 12.3. The van der Waals surface area contributed by atoms with E-state index in [1.54, 1.807) is 0 Å². The Balaban J connectivity index is 0.00000121. The smallest absolute Gasteiger partial charge is 0.253 e. The Hall–Kier alpha value is -0.350. The molecule has 0 spiro atoms. The second-order valence-electron chi connectivity index (χ2n) is 2.85. The van der Waals surface area contributed by atoms with Gasteiger partial charge in [0.15, 0.2) is 6.67 Å². The lowest BCUT2D eigenvalue weighted by molar-refractivity contribution is -0.133. The fraction of sp³-hybridized carbons (Fsp3) is 0.857. The molecule has 1 fully saturated rings. The maximum Gasteiger partial charge on any atom is 0.253 e. The maximum absolute atomic E-state index is 11.8. The Labute approximate surface area is 77.5 Å². The molecule has 1 heterocycles. The monoisotopic (exact) mass is 196 g/mol. The summed E-state index contributed by atoms with van der Waals surface area (Å²) in [6.07, 6.45) is 1.59. The second kappa shape index (κ2) is 5.32. The third-order valence-corrected chi connectivity index (χ3v) is 2.01. The van der Waals surface area contributed by atoms with E-state index in [4.69, 9.17) is 5.73 Å². The van der Waals surface area contributed by atoms with Crippen molar-refractivity contribution in [1.82, 2.24) is 4.90 Å².